The molecule has 0 saturated carbocycles. The molecule has 0 aromatic heterocycles. The van der Waals surface area contributed by atoms with Gasteiger partial charge in [0.05, 0.1) is 5.88 Å². The lowest BCUT2D eigenvalue weighted by Crippen LogP contribution is -2.20. The Morgan fingerprint density at radius 2 is 2.18 bits per heavy atom. The molecule has 1 N–H and O–H groups in total. The van der Waals surface area contributed by atoms with Crippen LogP contribution in [0.15, 0.2) is 0 Å². The number of thiol groups is 2. The van der Waals surface area contributed by atoms with Gasteiger partial charge in [0.2, 0.25) is 0 Å². The average Bonchev–Trinajstić information content (AvgIpc) is 2.02. The highest BCUT2D eigenvalue weighted by atomic mass is 32.2. The van der Waals surface area contributed by atoms with Crippen molar-refractivity contribution in [1.29, 1.82) is 0 Å². The van der Waals surface area contributed by atoms with Crippen LogP contribution >= 0.6 is 61.6 Å². The summed E-state index contributed by atoms with van der Waals surface area (Å²) in [5, 5.41) is 2.80. The molecule has 0 saturated heterocycles. The third kappa shape index (κ3) is 5.13. The fourth-order valence-electron chi connectivity index (χ4n) is 0.241. The molecular weight excluding hydrogens is 236 g/mol. The predicted octanol–water partition coefficient (Wildman–Crippen LogP) is 1.54. The summed E-state index contributed by atoms with van der Waals surface area (Å²) < 4.78 is 2.77. The van der Waals surface area contributed by atoms with Gasteiger partial charge in [-0.3, -0.25) is 4.31 Å². The SMILES string of the molecule is CNC(=S)SC(=S)N(S)CS. The Bertz CT molecular complexity index is 159. The van der Waals surface area contributed by atoms with Crippen LogP contribution in [0.25, 0.3) is 0 Å². The van der Waals surface area contributed by atoms with Gasteiger partial charge >= 0.3 is 0 Å². The van der Waals surface area contributed by atoms with E-state index in [-0.39, 0.29) is 0 Å². The van der Waals surface area contributed by atoms with Gasteiger partial charge in [0.25, 0.3) is 0 Å². The molecule has 11 heavy (non-hydrogen) atoms. The number of thiocarbonyl (C=S) groups is 2. The Morgan fingerprint density at radius 3 is 2.55 bits per heavy atom. The van der Waals surface area contributed by atoms with E-state index in [0.717, 1.165) is 0 Å². The predicted molar refractivity (Wildman–Crippen MR) is 66.5 cm³/mol. The van der Waals surface area contributed by atoms with Gasteiger partial charge in [0.1, 0.15) is 4.32 Å². The second-order valence-corrected chi connectivity index (χ2v) is 4.52. The molecule has 0 atom stereocenters. The van der Waals surface area contributed by atoms with Crippen molar-refractivity contribution in [1.82, 2.24) is 9.62 Å². The van der Waals surface area contributed by atoms with Gasteiger partial charge in [-0.1, -0.05) is 37.3 Å². The van der Waals surface area contributed by atoms with Crippen LogP contribution in [-0.4, -0.2) is 25.9 Å². The van der Waals surface area contributed by atoms with Gasteiger partial charge in [0.15, 0.2) is 4.32 Å². The molecule has 0 fully saturated rings. The topological polar surface area (TPSA) is 15.3 Å². The van der Waals surface area contributed by atoms with Gasteiger partial charge in [-0.25, -0.2) is 0 Å². The fraction of sp³-hybridized carbons (Fsp3) is 0.500. The minimum Gasteiger partial charge on any atom is -0.374 e. The molecular formula is C4H8N2S5. The Morgan fingerprint density at radius 1 is 1.64 bits per heavy atom. The van der Waals surface area contributed by atoms with Crippen molar-refractivity contribution < 1.29 is 0 Å². The molecule has 2 nitrogen and oxygen atoms in total. The van der Waals surface area contributed by atoms with E-state index in [9.17, 15) is 0 Å². The molecule has 0 aliphatic heterocycles. The van der Waals surface area contributed by atoms with Gasteiger partial charge in [-0.2, -0.15) is 12.6 Å². The van der Waals surface area contributed by atoms with E-state index in [0.29, 0.717) is 14.5 Å². The molecule has 0 aliphatic rings. The third-order valence-corrected chi connectivity index (χ3v) is 3.56. The molecule has 0 heterocycles. The zero-order chi connectivity index (χ0) is 8.85. The van der Waals surface area contributed by atoms with Crippen molar-refractivity contribution in [2.24, 2.45) is 0 Å². The second kappa shape index (κ2) is 6.36. The van der Waals surface area contributed by atoms with Crippen LogP contribution in [0.1, 0.15) is 0 Å². The second-order valence-electron chi connectivity index (χ2n) is 1.45. The van der Waals surface area contributed by atoms with Gasteiger partial charge in [-0.05, 0) is 11.8 Å². The third-order valence-electron chi connectivity index (χ3n) is 0.729. The molecule has 0 unspecified atom stereocenters. The Labute approximate surface area is 92.4 Å². The van der Waals surface area contributed by atoms with Gasteiger partial charge in [0, 0.05) is 7.05 Å². The van der Waals surface area contributed by atoms with E-state index in [1.165, 1.54) is 16.1 Å². The minimum atomic E-state index is 0.473. The highest BCUT2D eigenvalue weighted by Gasteiger charge is 2.05. The molecule has 64 valence electrons. The molecule has 0 bridgehead atoms. The quantitative estimate of drug-likeness (QED) is 0.367. The van der Waals surface area contributed by atoms with Crippen LogP contribution in [0, 0.1) is 0 Å². The van der Waals surface area contributed by atoms with Crippen LogP contribution < -0.4 is 5.32 Å². The lowest BCUT2D eigenvalue weighted by molar-refractivity contribution is 0.862. The number of nitrogens with zero attached hydrogens (tertiary/aromatic N) is 1. The van der Waals surface area contributed by atoms with Crippen molar-refractivity contribution in [3.05, 3.63) is 0 Å². The number of thioether (sulfide) groups is 1. The molecule has 7 heteroatoms. The van der Waals surface area contributed by atoms with E-state index < -0.39 is 0 Å². The van der Waals surface area contributed by atoms with Crippen LogP contribution in [0.4, 0.5) is 0 Å². The van der Waals surface area contributed by atoms with Gasteiger partial charge < -0.3 is 5.32 Å². The number of hydrogen-bond acceptors (Lipinski definition) is 5. The molecule has 0 radical (unpaired) electrons. The lowest BCUT2D eigenvalue weighted by Gasteiger charge is -2.14. The first-order chi connectivity index (χ1) is 5.11. The monoisotopic (exact) mass is 244 g/mol. The van der Waals surface area contributed by atoms with Crippen molar-refractivity contribution in [3.8, 4) is 0 Å². The highest BCUT2D eigenvalue weighted by Crippen LogP contribution is 2.12. The van der Waals surface area contributed by atoms with Crippen molar-refractivity contribution in [3.63, 3.8) is 0 Å². The summed E-state index contributed by atoms with van der Waals surface area (Å²) in [4.78, 5) is 0. The van der Waals surface area contributed by atoms with E-state index in [1.54, 1.807) is 7.05 Å². The zero-order valence-corrected chi connectivity index (χ0v) is 10.0. The maximum absolute atomic E-state index is 4.95. The maximum Gasteiger partial charge on any atom is 0.153 e. The van der Waals surface area contributed by atoms with Crippen molar-refractivity contribution >= 4 is 70.3 Å². The summed E-state index contributed by atoms with van der Waals surface area (Å²) >= 11 is 19.2. The normalized spacial score (nSPS) is 9.00. The zero-order valence-electron chi connectivity index (χ0n) is 5.77. The fourth-order valence-corrected chi connectivity index (χ4v) is 1.84. The first-order valence-corrected chi connectivity index (χ1v) is 5.29. The number of hydrogen-bond donors (Lipinski definition) is 3. The van der Waals surface area contributed by atoms with Crippen LogP contribution in [0.5, 0.6) is 0 Å². The first-order valence-electron chi connectivity index (χ1n) is 2.62. The van der Waals surface area contributed by atoms with Crippen molar-refractivity contribution in [2.45, 2.75) is 0 Å². The van der Waals surface area contributed by atoms with E-state index in [1.807, 2.05) is 0 Å². The molecule has 0 rings (SSSR count). The summed E-state index contributed by atoms with van der Waals surface area (Å²) in [6, 6.07) is 0. The Hall–Kier alpha value is 0.830. The standard InChI is InChI=1S/C4H8N2S5/c1-5-3(8)11-4(9)6(10)2-7/h7,10H,2H2,1H3,(H,5,8). The number of nitrogens with one attached hydrogen (secondary N) is 1. The van der Waals surface area contributed by atoms with E-state index in [2.05, 4.69) is 30.8 Å². The number of rotatable bonds is 1. The molecule has 0 aliphatic carbocycles. The summed E-state index contributed by atoms with van der Waals surface area (Å²) in [5.74, 6) is 0.473. The smallest absolute Gasteiger partial charge is 0.153 e. The van der Waals surface area contributed by atoms with Crippen molar-refractivity contribution in [2.75, 3.05) is 12.9 Å². The average molecular weight is 244 g/mol. The van der Waals surface area contributed by atoms with Crippen LogP contribution in [0.2, 0.25) is 0 Å². The Kier molecular flexibility index (Phi) is 6.84. The van der Waals surface area contributed by atoms with E-state index in [4.69, 9.17) is 24.4 Å². The molecule has 0 aromatic rings. The summed E-state index contributed by atoms with van der Waals surface area (Å²) in [6.07, 6.45) is 0. The summed E-state index contributed by atoms with van der Waals surface area (Å²) in [5.41, 5.74) is 0. The van der Waals surface area contributed by atoms with Crippen LogP contribution in [0.3, 0.4) is 0 Å². The minimum absolute atomic E-state index is 0.473. The van der Waals surface area contributed by atoms with Crippen LogP contribution in [-0.2, 0) is 0 Å². The first kappa shape index (κ1) is 11.8. The molecule has 0 aromatic carbocycles. The lowest BCUT2D eigenvalue weighted by atomic mass is 11.2. The highest BCUT2D eigenvalue weighted by molar-refractivity contribution is 8.38. The summed E-state index contributed by atoms with van der Waals surface area (Å²) in [6.45, 7) is 0. The van der Waals surface area contributed by atoms with Gasteiger partial charge in [-0.15, -0.1) is 0 Å². The maximum atomic E-state index is 4.95. The molecule has 0 amide bonds. The van der Waals surface area contributed by atoms with E-state index >= 15 is 0 Å². The summed E-state index contributed by atoms with van der Waals surface area (Å²) in [7, 11) is 1.75. The largest absolute Gasteiger partial charge is 0.374 e. The molecule has 0 spiro atoms. The Balaban J connectivity index is 3.77.